The van der Waals surface area contributed by atoms with E-state index < -0.39 is 11.4 Å². The fourth-order valence-corrected chi connectivity index (χ4v) is 3.44. The molecule has 6 heteroatoms. The number of amides is 3. The highest BCUT2D eigenvalue weighted by molar-refractivity contribution is 6.10. The third-order valence-corrected chi connectivity index (χ3v) is 4.72. The highest BCUT2D eigenvalue weighted by Crippen LogP contribution is 2.35. The molecule has 3 amide bonds. The van der Waals surface area contributed by atoms with Crippen molar-refractivity contribution in [3.05, 3.63) is 23.8 Å². The highest BCUT2D eigenvalue weighted by atomic mass is 16.2. The van der Waals surface area contributed by atoms with E-state index in [4.69, 9.17) is 0 Å². The van der Waals surface area contributed by atoms with Crippen molar-refractivity contribution in [3.8, 4) is 0 Å². The Morgan fingerprint density at radius 2 is 2.05 bits per heavy atom. The number of piperidine rings is 1. The van der Waals surface area contributed by atoms with E-state index in [-0.39, 0.29) is 30.2 Å². The molecule has 22 heavy (non-hydrogen) atoms. The third kappa shape index (κ3) is 2.01. The Hall–Kier alpha value is -2.24. The molecule has 2 aliphatic heterocycles. The molecule has 0 spiro atoms. The first-order chi connectivity index (χ1) is 10.3. The summed E-state index contributed by atoms with van der Waals surface area (Å²) in [5.74, 6) is -0.690. The van der Waals surface area contributed by atoms with Crippen molar-refractivity contribution in [2.24, 2.45) is 10.9 Å². The Balaban J connectivity index is 2.02. The van der Waals surface area contributed by atoms with E-state index in [1.807, 2.05) is 25.2 Å². The Morgan fingerprint density at radius 1 is 1.32 bits per heavy atom. The summed E-state index contributed by atoms with van der Waals surface area (Å²) in [5, 5.41) is 2.34. The number of nitrogens with zero attached hydrogens (tertiary/aromatic N) is 2. The molecular formula is C16H19N3O3. The van der Waals surface area contributed by atoms with Crippen LogP contribution in [0.1, 0.15) is 33.6 Å². The Kier molecular flexibility index (Phi) is 3.27. The maximum absolute atomic E-state index is 13.0. The van der Waals surface area contributed by atoms with Gasteiger partial charge in [-0.1, -0.05) is 23.8 Å². The average Bonchev–Trinajstić information content (AvgIpc) is 2.43. The maximum Gasteiger partial charge on any atom is 0.252 e. The Labute approximate surface area is 129 Å². The lowest BCUT2D eigenvalue weighted by Crippen LogP contribution is -2.66. The first-order valence-corrected chi connectivity index (χ1v) is 7.42. The first-order valence-electron chi connectivity index (χ1n) is 7.42. The van der Waals surface area contributed by atoms with Gasteiger partial charge in [-0.3, -0.25) is 29.6 Å². The van der Waals surface area contributed by atoms with Gasteiger partial charge in [-0.15, -0.1) is 0 Å². The van der Waals surface area contributed by atoms with Crippen molar-refractivity contribution in [2.75, 3.05) is 0 Å². The van der Waals surface area contributed by atoms with Gasteiger partial charge in [-0.25, -0.2) is 0 Å². The van der Waals surface area contributed by atoms with Crippen molar-refractivity contribution in [2.45, 2.75) is 45.2 Å². The zero-order valence-corrected chi connectivity index (χ0v) is 12.9. The van der Waals surface area contributed by atoms with E-state index in [2.05, 4.69) is 10.3 Å². The molecule has 1 fully saturated rings. The molecule has 2 unspecified atom stereocenters. The molecule has 0 aromatic heterocycles. The van der Waals surface area contributed by atoms with Crippen LogP contribution in [-0.2, 0) is 14.4 Å². The zero-order chi connectivity index (χ0) is 16.1. The number of hydrogen-bond acceptors (Lipinski definition) is 4. The molecule has 1 saturated heterocycles. The fraction of sp³-hybridized carbons (Fsp3) is 0.500. The van der Waals surface area contributed by atoms with Gasteiger partial charge in [0.05, 0.1) is 12.0 Å². The third-order valence-electron chi connectivity index (χ3n) is 4.72. The topological polar surface area (TPSA) is 78.8 Å². The van der Waals surface area contributed by atoms with Crippen LogP contribution >= 0.6 is 0 Å². The minimum atomic E-state index is -1.06. The monoisotopic (exact) mass is 301 g/mol. The largest absolute Gasteiger partial charge is 0.294 e. The maximum atomic E-state index is 13.0. The molecule has 116 valence electrons. The van der Waals surface area contributed by atoms with Gasteiger partial charge in [-0.2, -0.15) is 0 Å². The smallest absolute Gasteiger partial charge is 0.252 e. The molecule has 0 aromatic carbocycles. The molecule has 3 rings (SSSR count). The molecule has 3 atom stereocenters. The van der Waals surface area contributed by atoms with Crippen LogP contribution in [0.3, 0.4) is 0 Å². The highest BCUT2D eigenvalue weighted by Gasteiger charge is 2.51. The van der Waals surface area contributed by atoms with Crippen LogP contribution in [0.4, 0.5) is 0 Å². The fourth-order valence-electron chi connectivity index (χ4n) is 3.44. The predicted octanol–water partition coefficient (Wildman–Crippen LogP) is 0.943. The number of nitrogens with one attached hydrogen (secondary N) is 1. The standard InChI is InChI=1S/C16H19N3O3/c1-9-5-4-6-11-13(9)14(21)19(10(2)17-11)16(3)8-7-12(20)18-15(16)22/h4-6,11,13H,7-8H2,1-3H3,(H,18,20,22)/t11?,13?,16-/m1/s1. The Bertz CT molecular complexity index is 662. The number of carbonyl (C=O) groups is 3. The van der Waals surface area contributed by atoms with Gasteiger partial charge in [0.25, 0.3) is 5.91 Å². The first kappa shape index (κ1) is 14.7. The van der Waals surface area contributed by atoms with Crippen LogP contribution in [0.5, 0.6) is 0 Å². The number of amidine groups is 1. The van der Waals surface area contributed by atoms with Crippen molar-refractivity contribution in [3.63, 3.8) is 0 Å². The minimum absolute atomic E-state index is 0.123. The van der Waals surface area contributed by atoms with E-state index in [0.29, 0.717) is 12.3 Å². The molecule has 0 bridgehead atoms. The summed E-state index contributed by atoms with van der Waals surface area (Å²) >= 11 is 0. The molecule has 6 nitrogen and oxygen atoms in total. The SMILES string of the molecule is CC1=CC=CC2N=C(C)N([C@]3(C)CCC(=O)NC3=O)C(=O)C12. The summed E-state index contributed by atoms with van der Waals surface area (Å²) in [4.78, 5) is 42.8. The van der Waals surface area contributed by atoms with Crippen LogP contribution in [0.2, 0.25) is 0 Å². The Morgan fingerprint density at radius 3 is 2.73 bits per heavy atom. The minimum Gasteiger partial charge on any atom is -0.294 e. The molecule has 3 aliphatic rings. The van der Waals surface area contributed by atoms with E-state index in [1.54, 1.807) is 13.8 Å². The number of aliphatic imine (C=N–C) groups is 1. The average molecular weight is 301 g/mol. The number of rotatable bonds is 1. The molecule has 0 saturated carbocycles. The van der Waals surface area contributed by atoms with E-state index >= 15 is 0 Å². The van der Waals surface area contributed by atoms with Gasteiger partial charge in [0.1, 0.15) is 11.4 Å². The van der Waals surface area contributed by atoms with E-state index in [1.165, 1.54) is 4.90 Å². The van der Waals surface area contributed by atoms with Crippen LogP contribution in [0.15, 0.2) is 28.8 Å². The molecule has 1 N–H and O–H groups in total. The van der Waals surface area contributed by atoms with Crippen molar-refractivity contribution in [1.29, 1.82) is 0 Å². The van der Waals surface area contributed by atoms with E-state index in [9.17, 15) is 14.4 Å². The van der Waals surface area contributed by atoms with Crippen molar-refractivity contribution in [1.82, 2.24) is 10.2 Å². The molecule has 1 aliphatic carbocycles. The predicted molar refractivity (Wildman–Crippen MR) is 80.9 cm³/mol. The van der Waals surface area contributed by atoms with Crippen LogP contribution in [0.25, 0.3) is 0 Å². The quantitative estimate of drug-likeness (QED) is 0.732. The van der Waals surface area contributed by atoms with Crippen LogP contribution in [-0.4, -0.2) is 40.0 Å². The van der Waals surface area contributed by atoms with Gasteiger partial charge >= 0.3 is 0 Å². The second-order valence-corrected chi connectivity index (χ2v) is 6.26. The summed E-state index contributed by atoms with van der Waals surface area (Å²) in [6.07, 6.45) is 6.25. The number of carbonyl (C=O) groups excluding carboxylic acids is 3. The van der Waals surface area contributed by atoms with Gasteiger partial charge < -0.3 is 0 Å². The second kappa shape index (κ2) is 4.90. The lowest BCUT2D eigenvalue weighted by molar-refractivity contribution is -0.150. The van der Waals surface area contributed by atoms with Crippen molar-refractivity contribution >= 4 is 23.6 Å². The van der Waals surface area contributed by atoms with E-state index in [0.717, 1.165) is 5.57 Å². The molecule has 0 aromatic rings. The van der Waals surface area contributed by atoms with Gasteiger partial charge in [0.2, 0.25) is 11.8 Å². The van der Waals surface area contributed by atoms with Gasteiger partial charge in [0.15, 0.2) is 0 Å². The summed E-state index contributed by atoms with van der Waals surface area (Å²) in [6.45, 7) is 5.34. The lowest BCUT2D eigenvalue weighted by Gasteiger charge is -2.46. The summed E-state index contributed by atoms with van der Waals surface area (Å²) in [6, 6.07) is -0.203. The van der Waals surface area contributed by atoms with Crippen LogP contribution < -0.4 is 5.32 Å². The molecule has 0 radical (unpaired) electrons. The van der Waals surface area contributed by atoms with Gasteiger partial charge in [0, 0.05) is 6.42 Å². The number of fused-ring (bicyclic) bond motifs is 1. The van der Waals surface area contributed by atoms with Gasteiger partial charge in [-0.05, 0) is 27.2 Å². The normalized spacial score (nSPS) is 34.9. The molecular weight excluding hydrogens is 282 g/mol. The summed E-state index contributed by atoms with van der Waals surface area (Å²) in [7, 11) is 0. The number of hydrogen-bond donors (Lipinski definition) is 1. The number of allylic oxidation sites excluding steroid dienone is 2. The lowest BCUT2D eigenvalue weighted by atomic mass is 9.81. The number of imide groups is 1. The summed E-state index contributed by atoms with van der Waals surface area (Å²) < 4.78 is 0. The summed E-state index contributed by atoms with van der Waals surface area (Å²) in [5.41, 5.74) is -0.125. The van der Waals surface area contributed by atoms with Crippen LogP contribution in [0, 0.1) is 5.92 Å². The second-order valence-electron chi connectivity index (χ2n) is 6.26. The molecule has 2 heterocycles. The zero-order valence-electron chi connectivity index (χ0n) is 12.9. The van der Waals surface area contributed by atoms with Crippen molar-refractivity contribution < 1.29 is 14.4 Å².